The van der Waals surface area contributed by atoms with Gasteiger partial charge in [0.25, 0.3) is 0 Å². The molecule has 0 bridgehead atoms. The molecule has 1 rings (SSSR count). The van der Waals surface area contributed by atoms with Crippen molar-refractivity contribution in [3.05, 3.63) is 30.3 Å². The fraction of sp³-hybridized carbons (Fsp3) is 0.412. The van der Waals surface area contributed by atoms with Gasteiger partial charge >= 0.3 is 11.9 Å². The average Bonchev–Trinajstić information content (AvgIpc) is 2.53. The quantitative estimate of drug-likeness (QED) is 0.438. The number of hydrogen-bond acceptors (Lipinski definition) is 5. The smallest absolute Gasteiger partial charge is 0.344 e. The molecule has 0 aliphatic heterocycles. The van der Waals surface area contributed by atoms with Crippen LogP contribution in [0.4, 0.5) is 5.69 Å². The van der Waals surface area contributed by atoms with E-state index < -0.39 is 17.5 Å². The molecule has 22 heavy (non-hydrogen) atoms. The third kappa shape index (κ3) is 3.40. The summed E-state index contributed by atoms with van der Waals surface area (Å²) in [5.41, 5.74) is -1.03. The van der Waals surface area contributed by atoms with E-state index in [1.54, 1.807) is 33.0 Å². The van der Waals surface area contributed by atoms with E-state index in [-0.39, 0.29) is 19.6 Å². The molecule has 0 aliphatic carbocycles. The van der Waals surface area contributed by atoms with Crippen LogP contribution in [-0.2, 0) is 19.1 Å². The third-order valence-corrected chi connectivity index (χ3v) is 3.30. The lowest BCUT2D eigenvalue weighted by atomic mass is 9.92. The molecule has 0 unspecified atom stereocenters. The van der Waals surface area contributed by atoms with Gasteiger partial charge in [0.15, 0.2) is 0 Å². The molecule has 0 heterocycles. The van der Waals surface area contributed by atoms with Crippen LogP contribution in [-0.4, -0.2) is 37.7 Å². The molecule has 118 valence electrons. The van der Waals surface area contributed by atoms with Gasteiger partial charge in [-0.1, -0.05) is 18.2 Å². The number of ether oxygens (including phenoxy) is 2. The van der Waals surface area contributed by atoms with Crippen molar-refractivity contribution in [3.63, 3.8) is 0 Å². The zero-order valence-corrected chi connectivity index (χ0v) is 13.2. The Morgan fingerprint density at radius 3 is 2.05 bits per heavy atom. The van der Waals surface area contributed by atoms with Gasteiger partial charge in [0.2, 0.25) is 5.54 Å². The van der Waals surface area contributed by atoms with Crippen LogP contribution in [0.5, 0.6) is 0 Å². The summed E-state index contributed by atoms with van der Waals surface area (Å²) in [7, 11) is 1.63. The first-order valence-electron chi connectivity index (χ1n) is 7.11. The number of carbonyl (C=O) groups excluding carboxylic acids is 2. The minimum atomic E-state index is -1.69. The van der Waals surface area contributed by atoms with E-state index in [0.717, 1.165) is 0 Å². The van der Waals surface area contributed by atoms with Gasteiger partial charge in [0.05, 0.1) is 19.6 Å². The molecule has 0 amide bonds. The molecule has 0 spiro atoms. The fourth-order valence-electron chi connectivity index (χ4n) is 2.14. The maximum Gasteiger partial charge on any atom is 0.344 e. The highest BCUT2D eigenvalue weighted by molar-refractivity contribution is 6.08. The number of nitrogens with zero attached hydrogens (tertiary/aromatic N) is 1. The minimum absolute atomic E-state index is 0.143. The second kappa shape index (κ2) is 8.08. The summed E-state index contributed by atoms with van der Waals surface area (Å²) < 4.78 is 10.2. The average molecular weight is 303 g/mol. The predicted molar refractivity (Wildman–Crippen MR) is 84.3 cm³/mol. The van der Waals surface area contributed by atoms with Gasteiger partial charge in [-0.3, -0.25) is 0 Å². The normalized spacial score (nSPS) is 10.5. The van der Waals surface area contributed by atoms with Crippen molar-refractivity contribution in [1.82, 2.24) is 0 Å². The highest BCUT2D eigenvalue weighted by Crippen LogP contribution is 2.28. The Labute approximate surface area is 131 Å². The molecule has 0 fully saturated rings. The lowest BCUT2D eigenvalue weighted by Crippen LogP contribution is -2.60. The summed E-state index contributed by atoms with van der Waals surface area (Å²) in [6.07, 6.45) is 5.26. The number of esters is 2. The molecule has 0 saturated carbocycles. The molecule has 0 atom stereocenters. The van der Waals surface area contributed by atoms with Crippen molar-refractivity contribution in [3.8, 4) is 12.3 Å². The molecule has 1 aromatic rings. The van der Waals surface area contributed by atoms with Crippen LogP contribution in [0, 0.1) is 12.3 Å². The van der Waals surface area contributed by atoms with Crippen molar-refractivity contribution in [1.29, 1.82) is 0 Å². The summed E-state index contributed by atoms with van der Waals surface area (Å²) in [6.45, 7) is 3.64. The maximum atomic E-state index is 12.5. The fourth-order valence-corrected chi connectivity index (χ4v) is 2.14. The second-order valence-electron chi connectivity index (χ2n) is 4.58. The Morgan fingerprint density at radius 1 is 1.14 bits per heavy atom. The molecular weight excluding hydrogens is 282 g/mol. The molecule has 0 N–H and O–H groups in total. The van der Waals surface area contributed by atoms with Crippen LogP contribution in [0.25, 0.3) is 0 Å². The van der Waals surface area contributed by atoms with E-state index in [1.165, 1.54) is 4.90 Å². The predicted octanol–water partition coefficient (Wildman–Crippen LogP) is 2.01. The second-order valence-corrected chi connectivity index (χ2v) is 4.58. The summed E-state index contributed by atoms with van der Waals surface area (Å²) in [5.74, 6) is 0.974. The number of anilines is 1. The molecule has 0 radical (unpaired) electrons. The number of hydrogen-bond donors (Lipinski definition) is 0. The van der Waals surface area contributed by atoms with E-state index >= 15 is 0 Å². The Hall–Kier alpha value is -2.48. The van der Waals surface area contributed by atoms with Crippen LogP contribution in [0.2, 0.25) is 0 Å². The lowest BCUT2D eigenvalue weighted by molar-refractivity contribution is -0.163. The summed E-state index contributed by atoms with van der Waals surface area (Å²) in [6, 6.07) is 9.02. The SMILES string of the molecule is C#CCC(C(=O)OCC)(C(=O)OCC)N(C)c1ccccc1. The van der Waals surface area contributed by atoms with Gasteiger partial charge in [-0.25, -0.2) is 9.59 Å². The number of terminal acetylenes is 1. The summed E-state index contributed by atoms with van der Waals surface area (Å²) >= 11 is 0. The molecule has 1 aromatic carbocycles. The monoisotopic (exact) mass is 303 g/mol. The first-order valence-corrected chi connectivity index (χ1v) is 7.11. The van der Waals surface area contributed by atoms with E-state index in [2.05, 4.69) is 5.92 Å². The molecular formula is C17H21NO4. The first-order chi connectivity index (χ1) is 10.5. The standard InChI is InChI=1S/C17H21NO4/c1-5-13-17(15(19)21-6-2,16(20)22-7-3)18(4)14-11-9-8-10-12-14/h1,8-12H,6-7,13H2,2-4H3. The Morgan fingerprint density at radius 2 is 1.64 bits per heavy atom. The van der Waals surface area contributed by atoms with Gasteiger partial charge in [0, 0.05) is 12.7 Å². The number of benzene rings is 1. The van der Waals surface area contributed by atoms with Crippen LogP contribution in [0.15, 0.2) is 30.3 Å². The minimum Gasteiger partial charge on any atom is -0.464 e. The van der Waals surface area contributed by atoms with Crippen molar-refractivity contribution >= 4 is 17.6 Å². The molecule has 0 saturated heterocycles. The number of para-hydroxylation sites is 1. The zero-order valence-electron chi connectivity index (χ0n) is 13.2. The largest absolute Gasteiger partial charge is 0.464 e. The number of carbonyl (C=O) groups is 2. The van der Waals surface area contributed by atoms with E-state index in [0.29, 0.717) is 5.69 Å². The van der Waals surface area contributed by atoms with E-state index in [9.17, 15) is 9.59 Å². The van der Waals surface area contributed by atoms with E-state index in [4.69, 9.17) is 15.9 Å². The van der Waals surface area contributed by atoms with Crippen molar-refractivity contribution in [2.45, 2.75) is 25.8 Å². The Kier molecular flexibility index (Phi) is 6.46. The van der Waals surface area contributed by atoms with Crippen LogP contribution in [0.3, 0.4) is 0 Å². The van der Waals surface area contributed by atoms with Crippen molar-refractivity contribution in [2.24, 2.45) is 0 Å². The highest BCUT2D eigenvalue weighted by Gasteiger charge is 2.52. The molecule has 0 aliphatic rings. The maximum absolute atomic E-state index is 12.5. The Bertz CT molecular complexity index is 530. The van der Waals surface area contributed by atoms with Gasteiger partial charge in [-0.05, 0) is 26.0 Å². The van der Waals surface area contributed by atoms with Crippen molar-refractivity contribution in [2.75, 3.05) is 25.2 Å². The van der Waals surface area contributed by atoms with Gasteiger partial charge in [-0.2, -0.15) is 0 Å². The topological polar surface area (TPSA) is 55.8 Å². The van der Waals surface area contributed by atoms with Gasteiger partial charge in [-0.15, -0.1) is 12.3 Å². The number of likely N-dealkylation sites (N-methyl/N-ethyl adjacent to an activating group) is 1. The summed E-state index contributed by atoms with van der Waals surface area (Å²) in [4.78, 5) is 26.6. The number of rotatable bonds is 7. The van der Waals surface area contributed by atoms with Gasteiger partial charge < -0.3 is 14.4 Å². The van der Waals surface area contributed by atoms with Crippen LogP contribution < -0.4 is 4.90 Å². The summed E-state index contributed by atoms with van der Waals surface area (Å²) in [5, 5.41) is 0. The third-order valence-electron chi connectivity index (χ3n) is 3.30. The van der Waals surface area contributed by atoms with Crippen LogP contribution in [0.1, 0.15) is 20.3 Å². The molecule has 0 aromatic heterocycles. The highest BCUT2D eigenvalue weighted by atomic mass is 16.6. The molecule has 5 nitrogen and oxygen atoms in total. The van der Waals surface area contributed by atoms with Gasteiger partial charge in [0.1, 0.15) is 0 Å². The zero-order chi connectivity index (χ0) is 16.6. The molecule has 5 heteroatoms. The Balaban J connectivity index is 3.37. The van der Waals surface area contributed by atoms with Crippen molar-refractivity contribution < 1.29 is 19.1 Å². The first kappa shape index (κ1) is 17.6. The van der Waals surface area contributed by atoms with Crippen LogP contribution >= 0.6 is 0 Å². The van der Waals surface area contributed by atoms with E-state index in [1.807, 2.05) is 18.2 Å². The lowest BCUT2D eigenvalue weighted by Gasteiger charge is -2.37.